The molecular weight excluding hydrogens is 242 g/mol. The number of rotatable bonds is 2. The number of benzene rings is 1. The van der Waals surface area contributed by atoms with Gasteiger partial charge in [-0.2, -0.15) is 0 Å². The minimum atomic E-state index is -0.191. The van der Waals surface area contributed by atoms with E-state index >= 15 is 0 Å². The van der Waals surface area contributed by atoms with E-state index in [0.29, 0.717) is 24.3 Å². The molecule has 1 aromatic carbocycles. The summed E-state index contributed by atoms with van der Waals surface area (Å²) in [7, 11) is 1.57. The zero-order valence-corrected chi connectivity index (χ0v) is 10.7. The molecule has 0 spiro atoms. The molecule has 2 atom stereocenters. The lowest BCUT2D eigenvalue weighted by Crippen LogP contribution is -2.30. The number of allylic oxidation sites excluding steroid dienone is 2. The van der Waals surface area contributed by atoms with E-state index in [4.69, 9.17) is 4.74 Å². The molecule has 0 unspecified atom stereocenters. The second kappa shape index (κ2) is 4.53. The van der Waals surface area contributed by atoms with Gasteiger partial charge in [0.2, 0.25) is 11.8 Å². The Morgan fingerprint density at radius 1 is 1.11 bits per heavy atom. The lowest BCUT2D eigenvalue weighted by Gasteiger charge is -2.15. The van der Waals surface area contributed by atoms with Gasteiger partial charge in [0.25, 0.3) is 0 Å². The van der Waals surface area contributed by atoms with Crippen molar-refractivity contribution in [2.24, 2.45) is 11.8 Å². The van der Waals surface area contributed by atoms with Gasteiger partial charge >= 0.3 is 0 Å². The predicted octanol–water partition coefficient (Wildman–Crippen LogP) is 2.15. The lowest BCUT2D eigenvalue weighted by molar-refractivity contribution is -0.122. The Bertz CT molecular complexity index is 538. The molecule has 0 aromatic heterocycles. The molecule has 2 amide bonds. The van der Waals surface area contributed by atoms with Crippen molar-refractivity contribution in [1.29, 1.82) is 0 Å². The summed E-state index contributed by atoms with van der Waals surface area (Å²) in [6.45, 7) is 0. The van der Waals surface area contributed by atoms with E-state index in [1.165, 1.54) is 4.90 Å². The van der Waals surface area contributed by atoms with Crippen LogP contribution in [0, 0.1) is 11.8 Å². The maximum atomic E-state index is 12.4. The van der Waals surface area contributed by atoms with Gasteiger partial charge in [0.1, 0.15) is 5.75 Å². The molecular formula is C15H15NO3. The molecule has 1 aliphatic heterocycles. The van der Waals surface area contributed by atoms with E-state index < -0.39 is 0 Å². The third-order valence-corrected chi connectivity index (χ3v) is 3.82. The Morgan fingerprint density at radius 2 is 1.74 bits per heavy atom. The summed E-state index contributed by atoms with van der Waals surface area (Å²) in [6.07, 6.45) is 5.30. The number of carbonyl (C=O) groups excluding carboxylic acids is 2. The van der Waals surface area contributed by atoms with Crippen molar-refractivity contribution in [3.05, 3.63) is 36.4 Å². The van der Waals surface area contributed by atoms with Crippen molar-refractivity contribution in [3.63, 3.8) is 0 Å². The van der Waals surface area contributed by atoms with Crippen LogP contribution in [-0.4, -0.2) is 18.9 Å². The third kappa shape index (κ3) is 1.84. The molecule has 1 heterocycles. The zero-order chi connectivity index (χ0) is 13.4. The fourth-order valence-electron chi connectivity index (χ4n) is 2.80. The number of anilines is 1. The number of imide groups is 1. The number of carbonyl (C=O) groups is 2. The molecule has 1 saturated heterocycles. The van der Waals surface area contributed by atoms with E-state index in [0.717, 1.165) is 0 Å². The number of amides is 2. The zero-order valence-electron chi connectivity index (χ0n) is 10.7. The largest absolute Gasteiger partial charge is 0.497 e. The minimum Gasteiger partial charge on any atom is -0.497 e. The maximum absolute atomic E-state index is 12.4. The molecule has 4 heteroatoms. The van der Waals surface area contributed by atoms with Crippen molar-refractivity contribution in [1.82, 2.24) is 0 Å². The van der Waals surface area contributed by atoms with Gasteiger partial charge in [-0.1, -0.05) is 18.2 Å². The van der Waals surface area contributed by atoms with Crippen LogP contribution in [0.2, 0.25) is 0 Å². The number of nitrogens with zero attached hydrogens (tertiary/aromatic N) is 1. The van der Waals surface area contributed by atoms with Crippen LogP contribution in [0.1, 0.15) is 12.8 Å². The number of fused-ring (bicyclic) bond motifs is 1. The molecule has 0 saturated carbocycles. The summed E-state index contributed by atoms with van der Waals surface area (Å²) in [5.74, 6) is 0.0821. The van der Waals surface area contributed by atoms with E-state index in [2.05, 4.69) is 0 Å². The Balaban J connectivity index is 1.97. The lowest BCUT2D eigenvalue weighted by atomic mass is 9.85. The fourth-order valence-corrected chi connectivity index (χ4v) is 2.80. The highest BCUT2D eigenvalue weighted by atomic mass is 16.5. The predicted molar refractivity (Wildman–Crippen MR) is 70.8 cm³/mol. The summed E-state index contributed by atoms with van der Waals surface area (Å²) >= 11 is 0. The molecule has 4 nitrogen and oxygen atoms in total. The van der Waals surface area contributed by atoms with Crippen molar-refractivity contribution >= 4 is 17.5 Å². The number of ether oxygens (including phenoxy) is 1. The Kier molecular flexibility index (Phi) is 2.85. The van der Waals surface area contributed by atoms with Crippen molar-refractivity contribution in [2.75, 3.05) is 12.0 Å². The second-order valence-electron chi connectivity index (χ2n) is 4.87. The average molecular weight is 257 g/mol. The SMILES string of the molecule is COc1cccc(N2C(=O)[C@@H]3CC=CC[C@H]3C2=O)c1. The molecule has 1 aliphatic carbocycles. The summed E-state index contributed by atoms with van der Waals surface area (Å²) in [5.41, 5.74) is 0.601. The molecule has 19 heavy (non-hydrogen) atoms. The van der Waals surface area contributed by atoms with Gasteiger partial charge < -0.3 is 4.74 Å². The molecule has 1 fully saturated rings. The normalized spacial score (nSPS) is 25.6. The molecule has 0 radical (unpaired) electrons. The summed E-state index contributed by atoms with van der Waals surface area (Å²) in [5, 5.41) is 0. The van der Waals surface area contributed by atoms with Crippen LogP contribution in [0.25, 0.3) is 0 Å². The highest BCUT2D eigenvalue weighted by Gasteiger charge is 2.47. The Labute approximate surface area is 111 Å². The van der Waals surface area contributed by atoms with E-state index in [1.54, 1.807) is 31.4 Å². The molecule has 0 bridgehead atoms. The first-order valence-corrected chi connectivity index (χ1v) is 6.39. The van der Waals surface area contributed by atoms with E-state index in [9.17, 15) is 9.59 Å². The van der Waals surface area contributed by atoms with Gasteiger partial charge in [-0.05, 0) is 25.0 Å². The molecule has 1 aromatic rings. The summed E-state index contributed by atoms with van der Waals surface area (Å²) in [4.78, 5) is 26.1. The van der Waals surface area contributed by atoms with Crippen molar-refractivity contribution in [3.8, 4) is 5.75 Å². The number of methoxy groups -OCH3 is 1. The van der Waals surface area contributed by atoms with Crippen molar-refractivity contribution in [2.45, 2.75) is 12.8 Å². The molecule has 98 valence electrons. The summed E-state index contributed by atoms with van der Waals surface area (Å²) in [6, 6.07) is 7.07. The van der Waals surface area contributed by atoms with Crippen LogP contribution in [0.4, 0.5) is 5.69 Å². The highest BCUT2D eigenvalue weighted by Crippen LogP contribution is 2.38. The van der Waals surface area contributed by atoms with Crippen molar-refractivity contribution < 1.29 is 14.3 Å². The first-order chi connectivity index (χ1) is 9.22. The maximum Gasteiger partial charge on any atom is 0.238 e. The van der Waals surface area contributed by atoms with Gasteiger partial charge in [-0.15, -0.1) is 0 Å². The second-order valence-corrected chi connectivity index (χ2v) is 4.87. The molecule has 0 N–H and O–H groups in total. The molecule has 3 rings (SSSR count). The Hall–Kier alpha value is -2.10. The van der Waals surface area contributed by atoms with Gasteiger partial charge in [0, 0.05) is 6.07 Å². The van der Waals surface area contributed by atoms with Crippen LogP contribution >= 0.6 is 0 Å². The quantitative estimate of drug-likeness (QED) is 0.602. The topological polar surface area (TPSA) is 46.6 Å². The van der Waals surface area contributed by atoms with Crippen LogP contribution in [-0.2, 0) is 9.59 Å². The van der Waals surface area contributed by atoms with Gasteiger partial charge in [-0.3, -0.25) is 9.59 Å². The van der Waals surface area contributed by atoms with Crippen LogP contribution in [0.15, 0.2) is 36.4 Å². The van der Waals surface area contributed by atoms with Crippen LogP contribution in [0.3, 0.4) is 0 Å². The van der Waals surface area contributed by atoms with Crippen LogP contribution < -0.4 is 9.64 Å². The van der Waals surface area contributed by atoms with Gasteiger partial charge in [0.05, 0.1) is 24.6 Å². The van der Waals surface area contributed by atoms with Crippen LogP contribution in [0.5, 0.6) is 5.75 Å². The highest BCUT2D eigenvalue weighted by molar-refractivity contribution is 6.22. The Morgan fingerprint density at radius 3 is 2.32 bits per heavy atom. The number of hydrogen-bond acceptors (Lipinski definition) is 3. The molecule has 2 aliphatic rings. The third-order valence-electron chi connectivity index (χ3n) is 3.82. The fraction of sp³-hybridized carbons (Fsp3) is 0.333. The van der Waals surface area contributed by atoms with E-state index in [1.807, 2.05) is 12.2 Å². The van der Waals surface area contributed by atoms with Gasteiger partial charge in [0.15, 0.2) is 0 Å². The smallest absolute Gasteiger partial charge is 0.238 e. The first kappa shape index (κ1) is 12.0. The first-order valence-electron chi connectivity index (χ1n) is 6.39. The van der Waals surface area contributed by atoms with E-state index in [-0.39, 0.29) is 23.7 Å². The minimum absolute atomic E-state index is 0.0902. The monoisotopic (exact) mass is 257 g/mol. The average Bonchev–Trinajstić information content (AvgIpc) is 2.72. The number of hydrogen-bond donors (Lipinski definition) is 0. The standard InChI is InChI=1S/C15H15NO3/c1-19-11-6-4-5-10(9-11)16-14(17)12-7-2-3-8-13(12)15(16)18/h2-6,9,12-13H,7-8H2,1H3/t12-,13-/m1/s1. The summed E-state index contributed by atoms with van der Waals surface area (Å²) < 4.78 is 5.14. The van der Waals surface area contributed by atoms with Gasteiger partial charge in [-0.25, -0.2) is 4.90 Å².